The average Bonchev–Trinajstić information content (AvgIpc) is 3.27. The molecule has 37 heavy (non-hydrogen) atoms. The number of fused-ring (bicyclic) bond motifs is 1. The standard InChI is InChI=1S/C30H42N2O5/c1-30(2,3)37-29(35)32(15-6-5-7-19-33)18-14-26-22-24(10-12-28(26)36-4)23-9-11-27-25(21-23)13-17-31(27)16-8-20-34/h9-12,19,21-22,34H,5-8,13-18,20H2,1-4H3. The summed E-state index contributed by atoms with van der Waals surface area (Å²) in [5.74, 6) is 0.796. The molecule has 7 nitrogen and oxygen atoms in total. The van der Waals surface area contributed by atoms with Crippen molar-refractivity contribution in [1.29, 1.82) is 0 Å². The molecule has 0 bridgehead atoms. The molecule has 0 fully saturated rings. The van der Waals surface area contributed by atoms with E-state index in [0.717, 1.165) is 67.5 Å². The fourth-order valence-electron chi connectivity index (χ4n) is 4.70. The van der Waals surface area contributed by atoms with Crippen LogP contribution in [0.5, 0.6) is 5.75 Å². The Morgan fingerprint density at radius 1 is 1.08 bits per heavy atom. The Morgan fingerprint density at radius 2 is 1.84 bits per heavy atom. The van der Waals surface area contributed by atoms with E-state index < -0.39 is 5.60 Å². The van der Waals surface area contributed by atoms with Crippen LogP contribution in [0.15, 0.2) is 36.4 Å². The number of amides is 1. The van der Waals surface area contributed by atoms with Crippen molar-refractivity contribution in [1.82, 2.24) is 4.90 Å². The molecule has 0 atom stereocenters. The van der Waals surface area contributed by atoms with Crippen LogP contribution in [0.4, 0.5) is 10.5 Å². The minimum absolute atomic E-state index is 0.211. The summed E-state index contributed by atoms with van der Waals surface area (Å²) >= 11 is 0. The lowest BCUT2D eigenvalue weighted by Crippen LogP contribution is -2.38. The number of carbonyl (C=O) groups is 2. The van der Waals surface area contributed by atoms with E-state index in [-0.39, 0.29) is 12.7 Å². The molecular weight excluding hydrogens is 468 g/mol. The van der Waals surface area contributed by atoms with Crippen molar-refractivity contribution in [3.8, 4) is 16.9 Å². The van der Waals surface area contributed by atoms with E-state index in [1.54, 1.807) is 12.0 Å². The van der Waals surface area contributed by atoms with Crippen LogP contribution < -0.4 is 9.64 Å². The summed E-state index contributed by atoms with van der Waals surface area (Å²) in [5.41, 5.74) is 5.32. The summed E-state index contributed by atoms with van der Waals surface area (Å²) in [5, 5.41) is 9.18. The molecule has 0 aromatic heterocycles. The minimum atomic E-state index is -0.572. The van der Waals surface area contributed by atoms with Gasteiger partial charge in [0.25, 0.3) is 0 Å². The number of ether oxygens (including phenoxy) is 2. The largest absolute Gasteiger partial charge is 0.496 e. The minimum Gasteiger partial charge on any atom is -0.496 e. The molecule has 1 N–H and O–H groups in total. The molecule has 0 spiro atoms. The highest BCUT2D eigenvalue weighted by atomic mass is 16.6. The van der Waals surface area contributed by atoms with Crippen LogP contribution in [0, 0.1) is 0 Å². The molecule has 0 aliphatic carbocycles. The summed E-state index contributed by atoms with van der Waals surface area (Å²) in [7, 11) is 1.67. The van der Waals surface area contributed by atoms with Crippen molar-refractivity contribution in [2.75, 3.05) is 44.8 Å². The first-order valence-corrected chi connectivity index (χ1v) is 13.3. The van der Waals surface area contributed by atoms with E-state index >= 15 is 0 Å². The Hall–Kier alpha value is -3.06. The number of unbranched alkanes of at least 4 members (excludes halogenated alkanes) is 2. The zero-order valence-electron chi connectivity index (χ0n) is 22.8. The van der Waals surface area contributed by atoms with Gasteiger partial charge in [0, 0.05) is 44.9 Å². The normalized spacial score (nSPS) is 12.8. The first kappa shape index (κ1) is 28.5. The van der Waals surface area contributed by atoms with E-state index in [2.05, 4.69) is 35.2 Å². The topological polar surface area (TPSA) is 79.3 Å². The van der Waals surface area contributed by atoms with Crippen molar-refractivity contribution >= 4 is 18.1 Å². The summed E-state index contributed by atoms with van der Waals surface area (Å²) in [6.07, 6.45) is 4.99. The van der Waals surface area contributed by atoms with Crippen molar-refractivity contribution in [3.63, 3.8) is 0 Å². The van der Waals surface area contributed by atoms with Gasteiger partial charge >= 0.3 is 6.09 Å². The summed E-state index contributed by atoms with van der Waals surface area (Å²) < 4.78 is 11.3. The van der Waals surface area contributed by atoms with E-state index in [9.17, 15) is 14.7 Å². The monoisotopic (exact) mass is 510 g/mol. The van der Waals surface area contributed by atoms with E-state index in [4.69, 9.17) is 9.47 Å². The zero-order valence-corrected chi connectivity index (χ0v) is 22.8. The van der Waals surface area contributed by atoms with Crippen molar-refractivity contribution in [3.05, 3.63) is 47.5 Å². The Labute approximate surface area is 221 Å². The molecule has 0 radical (unpaired) electrons. The number of hydrogen-bond acceptors (Lipinski definition) is 6. The van der Waals surface area contributed by atoms with Crippen LogP contribution in [0.25, 0.3) is 11.1 Å². The number of anilines is 1. The number of aliphatic hydroxyl groups excluding tert-OH is 1. The molecule has 1 aliphatic rings. The highest BCUT2D eigenvalue weighted by molar-refractivity contribution is 5.72. The molecule has 1 amide bonds. The number of aldehydes is 1. The number of carbonyl (C=O) groups excluding carboxylic acids is 2. The Kier molecular flexibility index (Phi) is 10.4. The SMILES string of the molecule is COc1ccc(-c2ccc3c(c2)CCN3CCCO)cc1CCN(CCCCC=O)C(=O)OC(C)(C)C. The average molecular weight is 511 g/mol. The molecule has 0 unspecified atom stereocenters. The van der Waals surface area contributed by atoms with Gasteiger partial charge in [-0.3, -0.25) is 0 Å². The maximum absolute atomic E-state index is 12.9. The van der Waals surface area contributed by atoms with Crippen LogP contribution in [0.2, 0.25) is 0 Å². The molecular formula is C30H42N2O5. The molecule has 2 aromatic carbocycles. The van der Waals surface area contributed by atoms with Crippen LogP contribution in [-0.2, 0) is 22.4 Å². The summed E-state index contributed by atoms with van der Waals surface area (Å²) in [6.45, 7) is 8.71. The Bertz CT molecular complexity index is 1050. The fourth-order valence-corrected chi connectivity index (χ4v) is 4.70. The summed E-state index contributed by atoms with van der Waals surface area (Å²) in [6, 6.07) is 12.8. The van der Waals surface area contributed by atoms with Gasteiger partial charge in [0.15, 0.2) is 0 Å². The third-order valence-corrected chi connectivity index (χ3v) is 6.57. The number of methoxy groups -OCH3 is 1. The van der Waals surface area contributed by atoms with Crippen molar-refractivity contribution in [2.24, 2.45) is 0 Å². The maximum Gasteiger partial charge on any atom is 0.410 e. The second kappa shape index (κ2) is 13.5. The van der Waals surface area contributed by atoms with Gasteiger partial charge in [-0.05, 0) is 99.4 Å². The zero-order chi connectivity index (χ0) is 26.8. The van der Waals surface area contributed by atoms with Gasteiger partial charge in [-0.15, -0.1) is 0 Å². The fraction of sp³-hybridized carbons (Fsp3) is 0.533. The number of aliphatic hydroxyl groups is 1. The number of benzene rings is 2. The van der Waals surface area contributed by atoms with Crippen LogP contribution in [-0.4, -0.2) is 67.9 Å². The predicted octanol–water partition coefficient (Wildman–Crippen LogP) is 5.26. The highest BCUT2D eigenvalue weighted by Gasteiger charge is 2.23. The van der Waals surface area contributed by atoms with E-state index in [1.807, 2.05) is 26.8 Å². The van der Waals surface area contributed by atoms with E-state index in [0.29, 0.717) is 25.9 Å². The number of rotatable bonds is 13. The quantitative estimate of drug-likeness (QED) is 0.293. The van der Waals surface area contributed by atoms with Crippen molar-refractivity contribution in [2.45, 2.75) is 64.9 Å². The van der Waals surface area contributed by atoms with Crippen molar-refractivity contribution < 1.29 is 24.2 Å². The lowest BCUT2D eigenvalue weighted by atomic mass is 9.98. The van der Waals surface area contributed by atoms with E-state index in [1.165, 1.54) is 11.3 Å². The van der Waals surface area contributed by atoms with Gasteiger partial charge in [-0.25, -0.2) is 4.79 Å². The van der Waals surface area contributed by atoms with Gasteiger partial charge in [0.05, 0.1) is 7.11 Å². The predicted molar refractivity (Wildman–Crippen MR) is 147 cm³/mol. The first-order valence-electron chi connectivity index (χ1n) is 13.3. The smallest absolute Gasteiger partial charge is 0.410 e. The third-order valence-electron chi connectivity index (χ3n) is 6.57. The molecule has 0 saturated carbocycles. The molecule has 0 saturated heterocycles. The Morgan fingerprint density at radius 3 is 2.54 bits per heavy atom. The second-order valence-corrected chi connectivity index (χ2v) is 10.6. The van der Waals surface area contributed by atoms with Crippen LogP contribution >= 0.6 is 0 Å². The van der Waals surface area contributed by atoms with Gasteiger partial charge in [0.1, 0.15) is 17.6 Å². The summed E-state index contributed by atoms with van der Waals surface area (Å²) in [4.78, 5) is 27.6. The number of hydrogen-bond donors (Lipinski definition) is 1. The lowest BCUT2D eigenvalue weighted by Gasteiger charge is -2.27. The molecule has 7 heteroatoms. The maximum atomic E-state index is 12.9. The van der Waals surface area contributed by atoms with Gasteiger partial charge in [0.2, 0.25) is 0 Å². The van der Waals surface area contributed by atoms with Crippen LogP contribution in [0.1, 0.15) is 57.6 Å². The lowest BCUT2D eigenvalue weighted by molar-refractivity contribution is -0.107. The second-order valence-electron chi connectivity index (χ2n) is 10.6. The molecule has 1 aliphatic heterocycles. The first-order chi connectivity index (χ1) is 17.8. The third kappa shape index (κ3) is 8.22. The van der Waals surface area contributed by atoms with Gasteiger partial charge in [-0.2, -0.15) is 0 Å². The van der Waals surface area contributed by atoms with Gasteiger partial charge < -0.3 is 29.2 Å². The highest BCUT2D eigenvalue weighted by Crippen LogP contribution is 2.34. The molecule has 3 rings (SSSR count). The molecule has 2 aromatic rings. The number of nitrogens with zero attached hydrogens (tertiary/aromatic N) is 2. The Balaban J connectivity index is 1.76. The van der Waals surface area contributed by atoms with Gasteiger partial charge in [-0.1, -0.05) is 12.1 Å². The van der Waals surface area contributed by atoms with Crippen LogP contribution in [0.3, 0.4) is 0 Å². The molecule has 202 valence electrons. The molecule has 1 heterocycles.